The van der Waals surface area contributed by atoms with Gasteiger partial charge in [0.25, 0.3) is 0 Å². The highest BCUT2D eigenvalue weighted by Crippen LogP contribution is 2.32. The lowest BCUT2D eigenvalue weighted by atomic mass is 10.1. The van der Waals surface area contributed by atoms with E-state index in [0.717, 1.165) is 38.7 Å². The Morgan fingerprint density at radius 1 is 0.815 bits per heavy atom. The molecule has 136 valence electrons. The number of primary sulfonamides is 1. The van der Waals surface area contributed by atoms with Gasteiger partial charge in [0, 0.05) is 16.5 Å². The molecule has 4 aromatic rings. The number of nitrogens with two attached hydrogens (primary N) is 1. The minimum Gasteiger partial charge on any atom is -0.354 e. The van der Waals surface area contributed by atoms with Crippen LogP contribution in [0, 0.1) is 0 Å². The first-order valence-corrected chi connectivity index (χ1v) is 10.3. The number of fused-ring (bicyclic) bond motifs is 2. The number of rotatable bonds is 5. The molecule has 27 heavy (non-hydrogen) atoms. The van der Waals surface area contributed by atoms with Crippen LogP contribution in [0.15, 0.2) is 72.8 Å². The van der Waals surface area contributed by atoms with Gasteiger partial charge in [-0.3, -0.25) is 0 Å². The molecular weight excluding hydrogens is 358 g/mol. The molecule has 5 nitrogen and oxygen atoms in total. The second-order valence-corrected chi connectivity index (χ2v) is 8.19. The Labute approximate surface area is 157 Å². The van der Waals surface area contributed by atoms with Gasteiger partial charge in [-0.1, -0.05) is 48.5 Å². The highest BCUT2D eigenvalue weighted by Gasteiger charge is 2.09. The number of sulfonamides is 1. The molecule has 1 aromatic heterocycles. The van der Waals surface area contributed by atoms with Crippen molar-refractivity contribution in [3.05, 3.63) is 78.4 Å². The third kappa shape index (κ3) is 3.92. The summed E-state index contributed by atoms with van der Waals surface area (Å²) in [6.07, 6.45) is 0.403. The summed E-state index contributed by atoms with van der Waals surface area (Å²) in [6.45, 7) is 0. The van der Waals surface area contributed by atoms with E-state index in [1.54, 1.807) is 0 Å². The number of anilines is 2. The van der Waals surface area contributed by atoms with Crippen LogP contribution in [-0.2, 0) is 16.4 Å². The van der Waals surface area contributed by atoms with Crippen LogP contribution < -0.4 is 10.5 Å². The summed E-state index contributed by atoms with van der Waals surface area (Å²) in [7, 11) is -3.45. The van der Waals surface area contributed by atoms with E-state index < -0.39 is 10.0 Å². The zero-order chi connectivity index (χ0) is 18.9. The second-order valence-electron chi connectivity index (χ2n) is 6.46. The monoisotopic (exact) mass is 377 g/mol. The van der Waals surface area contributed by atoms with Gasteiger partial charge in [0.2, 0.25) is 10.0 Å². The van der Waals surface area contributed by atoms with Crippen LogP contribution in [0.25, 0.3) is 21.8 Å². The van der Waals surface area contributed by atoms with E-state index >= 15 is 0 Å². The topological polar surface area (TPSA) is 85.1 Å². The van der Waals surface area contributed by atoms with Gasteiger partial charge in [-0.25, -0.2) is 18.5 Å². The number of benzene rings is 3. The molecule has 0 fully saturated rings. The Balaban J connectivity index is 1.70. The number of aromatic nitrogens is 1. The average Bonchev–Trinajstić information content (AvgIpc) is 2.66. The summed E-state index contributed by atoms with van der Waals surface area (Å²) in [5, 5.41) is 10.7. The molecule has 0 bridgehead atoms. The number of pyridine rings is 1. The fourth-order valence-electron chi connectivity index (χ4n) is 3.13. The summed E-state index contributed by atoms with van der Waals surface area (Å²) in [6, 6.07) is 23.8. The van der Waals surface area contributed by atoms with E-state index in [-0.39, 0.29) is 5.75 Å². The van der Waals surface area contributed by atoms with Crippen molar-refractivity contribution in [1.29, 1.82) is 0 Å². The number of hydrogen-bond donors (Lipinski definition) is 2. The molecule has 1 heterocycles. The molecule has 0 saturated heterocycles. The lowest BCUT2D eigenvalue weighted by molar-refractivity contribution is 0.597. The summed E-state index contributed by atoms with van der Waals surface area (Å²) in [4.78, 5) is 4.73. The smallest absolute Gasteiger partial charge is 0.209 e. The van der Waals surface area contributed by atoms with Gasteiger partial charge in [0.1, 0.15) is 0 Å². The van der Waals surface area contributed by atoms with Gasteiger partial charge in [-0.05, 0) is 36.2 Å². The van der Waals surface area contributed by atoms with Gasteiger partial charge >= 0.3 is 0 Å². The molecular formula is C21H19N3O2S. The SMILES string of the molecule is NS(=O)(=O)CCc1ccc(Nc2c3ccccc3nc3ccccc23)cc1. The predicted octanol–water partition coefficient (Wildman–Crippen LogP) is 3.96. The van der Waals surface area contributed by atoms with Crippen LogP contribution in [0.1, 0.15) is 5.56 Å². The summed E-state index contributed by atoms with van der Waals surface area (Å²) < 4.78 is 22.2. The van der Waals surface area contributed by atoms with E-state index in [4.69, 9.17) is 10.1 Å². The fourth-order valence-corrected chi connectivity index (χ4v) is 3.65. The second kappa shape index (κ2) is 6.98. The minimum absolute atomic E-state index is 0.0561. The molecule has 0 unspecified atom stereocenters. The lowest BCUT2D eigenvalue weighted by Gasteiger charge is -2.13. The van der Waals surface area contributed by atoms with E-state index in [9.17, 15) is 8.42 Å². The van der Waals surface area contributed by atoms with Crippen molar-refractivity contribution in [2.24, 2.45) is 5.14 Å². The molecule has 6 heteroatoms. The number of nitrogens with zero attached hydrogens (tertiary/aromatic N) is 1. The third-order valence-corrected chi connectivity index (χ3v) is 5.26. The van der Waals surface area contributed by atoms with E-state index in [2.05, 4.69) is 17.4 Å². The van der Waals surface area contributed by atoms with Crippen molar-refractivity contribution < 1.29 is 8.42 Å². The zero-order valence-electron chi connectivity index (χ0n) is 14.6. The molecule has 4 rings (SSSR count). The van der Waals surface area contributed by atoms with Crippen molar-refractivity contribution in [3.63, 3.8) is 0 Å². The van der Waals surface area contributed by atoms with E-state index in [1.807, 2.05) is 60.7 Å². The largest absolute Gasteiger partial charge is 0.354 e. The number of nitrogens with one attached hydrogen (secondary N) is 1. The maximum absolute atomic E-state index is 11.1. The zero-order valence-corrected chi connectivity index (χ0v) is 15.4. The molecule has 0 atom stereocenters. The molecule has 0 saturated carbocycles. The highest BCUT2D eigenvalue weighted by molar-refractivity contribution is 7.89. The van der Waals surface area contributed by atoms with Gasteiger partial charge in [-0.2, -0.15) is 0 Å². The first-order valence-electron chi connectivity index (χ1n) is 8.63. The fraction of sp³-hybridized carbons (Fsp3) is 0.0952. The number of para-hydroxylation sites is 2. The molecule has 0 aliphatic carbocycles. The third-order valence-electron chi connectivity index (χ3n) is 4.49. The van der Waals surface area contributed by atoms with Crippen molar-refractivity contribution in [2.45, 2.75) is 6.42 Å². The Hall–Kier alpha value is -2.96. The number of hydrogen-bond acceptors (Lipinski definition) is 4. The van der Waals surface area contributed by atoms with E-state index in [0.29, 0.717) is 6.42 Å². The standard InChI is InChI=1S/C21H19N3O2S/c22-27(25,26)14-13-15-9-11-16(12-10-15)23-21-17-5-1-3-7-19(17)24-20-8-4-2-6-18(20)21/h1-12H,13-14H2,(H,23,24)(H2,22,25,26). The first kappa shape index (κ1) is 17.5. The Morgan fingerprint density at radius 2 is 1.37 bits per heavy atom. The Kier molecular flexibility index (Phi) is 4.51. The Bertz CT molecular complexity index is 1170. The minimum atomic E-state index is -3.45. The molecule has 0 amide bonds. The van der Waals surface area contributed by atoms with Crippen LogP contribution >= 0.6 is 0 Å². The van der Waals surface area contributed by atoms with Gasteiger partial charge in [0.05, 0.1) is 22.5 Å². The molecule has 3 aromatic carbocycles. The molecule has 0 spiro atoms. The van der Waals surface area contributed by atoms with Crippen LogP contribution in [-0.4, -0.2) is 19.2 Å². The summed E-state index contributed by atoms with van der Waals surface area (Å²) >= 11 is 0. The van der Waals surface area contributed by atoms with Gasteiger partial charge < -0.3 is 5.32 Å². The van der Waals surface area contributed by atoms with Crippen molar-refractivity contribution >= 4 is 43.2 Å². The lowest BCUT2D eigenvalue weighted by Crippen LogP contribution is -2.17. The normalized spacial score (nSPS) is 11.7. The molecule has 0 radical (unpaired) electrons. The van der Waals surface area contributed by atoms with E-state index in [1.165, 1.54) is 0 Å². The van der Waals surface area contributed by atoms with Crippen LogP contribution in [0.4, 0.5) is 11.4 Å². The molecule has 0 aliphatic heterocycles. The summed E-state index contributed by atoms with van der Waals surface area (Å²) in [5.74, 6) is -0.0561. The molecule has 0 aliphatic rings. The highest BCUT2D eigenvalue weighted by atomic mass is 32.2. The van der Waals surface area contributed by atoms with Crippen LogP contribution in [0.2, 0.25) is 0 Å². The maximum Gasteiger partial charge on any atom is 0.209 e. The average molecular weight is 377 g/mol. The van der Waals surface area contributed by atoms with Gasteiger partial charge in [-0.15, -0.1) is 0 Å². The van der Waals surface area contributed by atoms with Crippen LogP contribution in [0.5, 0.6) is 0 Å². The summed E-state index contributed by atoms with van der Waals surface area (Å²) in [5.41, 5.74) is 4.73. The first-order chi connectivity index (χ1) is 13.0. The van der Waals surface area contributed by atoms with Gasteiger partial charge in [0.15, 0.2) is 0 Å². The maximum atomic E-state index is 11.1. The van der Waals surface area contributed by atoms with Crippen molar-refractivity contribution in [3.8, 4) is 0 Å². The van der Waals surface area contributed by atoms with Crippen molar-refractivity contribution in [1.82, 2.24) is 4.98 Å². The molecule has 3 N–H and O–H groups in total. The Morgan fingerprint density at radius 3 is 1.93 bits per heavy atom. The van der Waals surface area contributed by atoms with Crippen LogP contribution in [0.3, 0.4) is 0 Å². The predicted molar refractivity (Wildman–Crippen MR) is 111 cm³/mol. The van der Waals surface area contributed by atoms with Crippen molar-refractivity contribution in [2.75, 3.05) is 11.1 Å². The number of aryl methyl sites for hydroxylation is 1. The quantitative estimate of drug-likeness (QED) is 0.516.